The molecule has 1 aromatic heterocycles. The molecule has 0 saturated carbocycles. The van der Waals surface area contributed by atoms with Gasteiger partial charge in [0.25, 0.3) is 0 Å². The van der Waals surface area contributed by atoms with E-state index in [2.05, 4.69) is 5.32 Å². The van der Waals surface area contributed by atoms with Crippen LogP contribution in [0.3, 0.4) is 0 Å². The summed E-state index contributed by atoms with van der Waals surface area (Å²) in [6.07, 6.45) is 3.01. The molecule has 2 heterocycles. The third-order valence-corrected chi connectivity index (χ3v) is 4.92. The van der Waals surface area contributed by atoms with Gasteiger partial charge in [-0.05, 0) is 31.0 Å². The largest absolute Gasteiger partial charge is 0.493 e. The summed E-state index contributed by atoms with van der Waals surface area (Å²) >= 11 is 1.84. The fourth-order valence-electron chi connectivity index (χ4n) is 2.59. The van der Waals surface area contributed by atoms with E-state index in [-0.39, 0.29) is 0 Å². The molecule has 118 valence electrons. The molecule has 2 aromatic rings. The Morgan fingerprint density at radius 3 is 3.05 bits per heavy atom. The van der Waals surface area contributed by atoms with Crippen molar-refractivity contribution in [1.29, 1.82) is 0 Å². The van der Waals surface area contributed by atoms with Gasteiger partial charge in [-0.25, -0.2) is 4.98 Å². The minimum Gasteiger partial charge on any atom is -0.493 e. The van der Waals surface area contributed by atoms with Crippen LogP contribution in [-0.2, 0) is 19.4 Å². The molecule has 4 nitrogen and oxygen atoms in total. The molecule has 1 aromatic carbocycles. The number of methoxy groups -OCH3 is 1. The minimum atomic E-state index is 0.682. The lowest BCUT2D eigenvalue weighted by atomic mass is 10.2. The molecule has 0 spiro atoms. The van der Waals surface area contributed by atoms with Gasteiger partial charge in [-0.1, -0.05) is 6.07 Å². The summed E-state index contributed by atoms with van der Waals surface area (Å²) in [5.74, 6) is 1.62. The predicted molar refractivity (Wildman–Crippen MR) is 89.1 cm³/mol. The second-order valence-corrected chi connectivity index (χ2v) is 6.68. The van der Waals surface area contributed by atoms with E-state index in [9.17, 15) is 0 Å². The van der Waals surface area contributed by atoms with Crippen LogP contribution in [0.15, 0.2) is 18.2 Å². The van der Waals surface area contributed by atoms with Crippen molar-refractivity contribution >= 4 is 11.3 Å². The highest BCUT2D eigenvalue weighted by Gasteiger charge is 2.14. The van der Waals surface area contributed by atoms with Gasteiger partial charge in [-0.3, -0.25) is 0 Å². The molecule has 0 saturated heterocycles. The zero-order valence-electron chi connectivity index (χ0n) is 13.1. The Hall–Kier alpha value is -1.59. The summed E-state index contributed by atoms with van der Waals surface area (Å²) in [5.41, 5.74) is 2.46. The minimum absolute atomic E-state index is 0.682. The third-order valence-electron chi connectivity index (χ3n) is 3.76. The quantitative estimate of drug-likeness (QED) is 0.831. The van der Waals surface area contributed by atoms with E-state index in [0.29, 0.717) is 6.61 Å². The zero-order valence-corrected chi connectivity index (χ0v) is 14.0. The van der Waals surface area contributed by atoms with Crippen LogP contribution in [-0.4, -0.2) is 25.2 Å². The van der Waals surface area contributed by atoms with E-state index in [1.807, 2.05) is 36.5 Å². The van der Waals surface area contributed by atoms with Crippen molar-refractivity contribution in [1.82, 2.24) is 10.3 Å². The van der Waals surface area contributed by atoms with Gasteiger partial charge in [0.1, 0.15) is 0 Å². The molecule has 0 aliphatic carbocycles. The van der Waals surface area contributed by atoms with E-state index >= 15 is 0 Å². The molecule has 1 aliphatic heterocycles. The smallest absolute Gasteiger partial charge is 0.161 e. The molecule has 0 fully saturated rings. The van der Waals surface area contributed by atoms with Gasteiger partial charge in [0.2, 0.25) is 0 Å². The summed E-state index contributed by atoms with van der Waals surface area (Å²) in [7, 11) is 1.68. The van der Waals surface area contributed by atoms with Crippen LogP contribution < -0.4 is 14.8 Å². The molecule has 1 aliphatic rings. The van der Waals surface area contributed by atoms with E-state index in [0.717, 1.165) is 43.9 Å². The molecule has 22 heavy (non-hydrogen) atoms. The highest BCUT2D eigenvalue weighted by molar-refractivity contribution is 7.11. The van der Waals surface area contributed by atoms with Gasteiger partial charge in [0.15, 0.2) is 11.5 Å². The molecule has 0 amide bonds. The number of thiazole rings is 1. The number of aryl methyl sites for hydroxylation is 2. The molecule has 0 atom stereocenters. The van der Waals surface area contributed by atoms with E-state index in [4.69, 9.17) is 14.5 Å². The van der Waals surface area contributed by atoms with Gasteiger partial charge in [-0.2, -0.15) is 0 Å². The number of rotatable bonds is 6. The number of nitrogens with zero attached hydrogens (tertiary/aromatic N) is 1. The van der Waals surface area contributed by atoms with Crippen LogP contribution in [0.4, 0.5) is 0 Å². The van der Waals surface area contributed by atoms with Gasteiger partial charge >= 0.3 is 0 Å². The SMILES string of the molecule is COc1cc(C)ccc1OCCCc1nc2c(s1)CNCC2. The Balaban J connectivity index is 1.50. The number of ether oxygens (including phenoxy) is 2. The summed E-state index contributed by atoms with van der Waals surface area (Å²) in [6, 6.07) is 6.01. The summed E-state index contributed by atoms with van der Waals surface area (Å²) < 4.78 is 11.2. The maximum Gasteiger partial charge on any atom is 0.161 e. The maximum atomic E-state index is 5.85. The van der Waals surface area contributed by atoms with Crippen LogP contribution in [0, 0.1) is 6.92 Å². The van der Waals surface area contributed by atoms with Gasteiger partial charge in [0, 0.05) is 30.8 Å². The number of benzene rings is 1. The van der Waals surface area contributed by atoms with Crippen LogP contribution in [0.25, 0.3) is 0 Å². The van der Waals surface area contributed by atoms with Crippen molar-refractivity contribution in [2.24, 2.45) is 0 Å². The number of nitrogens with one attached hydrogen (secondary N) is 1. The van der Waals surface area contributed by atoms with Crippen LogP contribution >= 0.6 is 11.3 Å². The first kappa shape index (κ1) is 15.3. The molecule has 5 heteroatoms. The van der Waals surface area contributed by atoms with E-state index in [1.165, 1.54) is 21.1 Å². The first-order chi connectivity index (χ1) is 10.8. The molecular weight excluding hydrogens is 296 g/mol. The molecule has 1 N–H and O–H groups in total. The van der Waals surface area contributed by atoms with Crippen molar-refractivity contribution in [2.45, 2.75) is 32.7 Å². The lowest BCUT2D eigenvalue weighted by Crippen LogP contribution is -2.22. The highest BCUT2D eigenvalue weighted by atomic mass is 32.1. The lowest BCUT2D eigenvalue weighted by molar-refractivity contribution is 0.289. The fraction of sp³-hybridized carbons (Fsp3) is 0.471. The fourth-order valence-corrected chi connectivity index (χ4v) is 3.71. The second kappa shape index (κ2) is 7.11. The topological polar surface area (TPSA) is 43.4 Å². The third kappa shape index (κ3) is 3.59. The number of hydrogen-bond acceptors (Lipinski definition) is 5. The molecular formula is C17H22N2O2S. The van der Waals surface area contributed by atoms with E-state index < -0.39 is 0 Å². The Morgan fingerprint density at radius 1 is 1.32 bits per heavy atom. The molecule has 0 unspecified atom stereocenters. The summed E-state index contributed by atoms with van der Waals surface area (Å²) in [5, 5.41) is 4.62. The van der Waals surface area contributed by atoms with Crippen molar-refractivity contribution in [3.8, 4) is 11.5 Å². The average molecular weight is 318 g/mol. The average Bonchev–Trinajstić information content (AvgIpc) is 2.95. The zero-order chi connectivity index (χ0) is 15.4. The Kier molecular flexibility index (Phi) is 4.95. The Labute approximate surface area is 135 Å². The second-order valence-electron chi connectivity index (χ2n) is 5.51. The normalized spacial score (nSPS) is 13.7. The molecule has 0 bridgehead atoms. The van der Waals surface area contributed by atoms with Gasteiger partial charge in [0.05, 0.1) is 24.4 Å². The van der Waals surface area contributed by atoms with Crippen LogP contribution in [0.5, 0.6) is 11.5 Å². The van der Waals surface area contributed by atoms with Crippen molar-refractivity contribution in [2.75, 3.05) is 20.3 Å². The van der Waals surface area contributed by atoms with E-state index in [1.54, 1.807) is 7.11 Å². The Morgan fingerprint density at radius 2 is 2.23 bits per heavy atom. The van der Waals surface area contributed by atoms with Crippen molar-refractivity contribution in [3.05, 3.63) is 39.3 Å². The predicted octanol–water partition coefficient (Wildman–Crippen LogP) is 3.12. The first-order valence-corrected chi connectivity index (χ1v) is 8.53. The monoisotopic (exact) mass is 318 g/mol. The number of hydrogen-bond donors (Lipinski definition) is 1. The van der Waals surface area contributed by atoms with Crippen LogP contribution in [0.1, 0.15) is 27.6 Å². The standard InChI is InChI=1S/C17H22N2O2S/c1-12-5-6-14(15(10-12)20-2)21-9-3-4-17-19-13-7-8-18-11-16(13)22-17/h5-6,10,18H,3-4,7-9,11H2,1-2H3. The lowest BCUT2D eigenvalue weighted by Gasteiger charge is -2.10. The van der Waals surface area contributed by atoms with Gasteiger partial charge < -0.3 is 14.8 Å². The summed E-state index contributed by atoms with van der Waals surface area (Å²) in [4.78, 5) is 6.14. The highest BCUT2D eigenvalue weighted by Crippen LogP contribution is 2.28. The first-order valence-electron chi connectivity index (χ1n) is 7.72. The van der Waals surface area contributed by atoms with Crippen molar-refractivity contribution < 1.29 is 9.47 Å². The number of fused-ring (bicyclic) bond motifs is 1. The Bertz CT molecular complexity index is 616. The maximum absolute atomic E-state index is 5.85. The summed E-state index contributed by atoms with van der Waals surface area (Å²) in [6.45, 7) is 4.75. The number of aromatic nitrogens is 1. The molecule has 0 radical (unpaired) electrons. The van der Waals surface area contributed by atoms with Crippen molar-refractivity contribution in [3.63, 3.8) is 0 Å². The van der Waals surface area contributed by atoms with Crippen LogP contribution in [0.2, 0.25) is 0 Å². The molecule has 3 rings (SSSR count). The van der Waals surface area contributed by atoms with Gasteiger partial charge in [-0.15, -0.1) is 11.3 Å².